The van der Waals surface area contributed by atoms with E-state index in [9.17, 15) is 4.79 Å². The standard InChI is InChI=1S/C17H17Cl2N3O/c18-14-7-4-8-15(19)16(14)21-9-11-22(12-10-21)17(23)20-13-5-2-1-3-6-13/h1-8H,9-12H2,(H,20,23). The fourth-order valence-corrected chi connectivity index (χ4v) is 3.28. The van der Waals surface area contributed by atoms with Crippen molar-refractivity contribution in [3.63, 3.8) is 0 Å². The maximum Gasteiger partial charge on any atom is 0.321 e. The summed E-state index contributed by atoms with van der Waals surface area (Å²) in [5.41, 5.74) is 1.65. The average molecular weight is 350 g/mol. The molecule has 4 nitrogen and oxygen atoms in total. The Bertz CT molecular complexity index is 665. The third-order valence-electron chi connectivity index (χ3n) is 3.85. The lowest BCUT2D eigenvalue weighted by molar-refractivity contribution is 0.208. The first-order chi connectivity index (χ1) is 11.1. The Labute approximate surface area is 145 Å². The predicted molar refractivity (Wildman–Crippen MR) is 95.7 cm³/mol. The molecule has 0 bridgehead atoms. The van der Waals surface area contributed by atoms with Crippen molar-refractivity contribution in [2.75, 3.05) is 36.4 Å². The first-order valence-electron chi connectivity index (χ1n) is 7.45. The van der Waals surface area contributed by atoms with E-state index in [0.29, 0.717) is 36.2 Å². The quantitative estimate of drug-likeness (QED) is 0.874. The molecule has 6 heteroatoms. The van der Waals surface area contributed by atoms with Crippen LogP contribution in [0, 0.1) is 0 Å². The van der Waals surface area contributed by atoms with Gasteiger partial charge in [-0.25, -0.2) is 4.79 Å². The number of piperazine rings is 1. The van der Waals surface area contributed by atoms with Gasteiger partial charge in [-0.05, 0) is 24.3 Å². The Balaban J connectivity index is 1.61. The Morgan fingerprint density at radius 3 is 2.09 bits per heavy atom. The van der Waals surface area contributed by atoms with E-state index in [1.165, 1.54) is 0 Å². The van der Waals surface area contributed by atoms with E-state index >= 15 is 0 Å². The molecule has 0 aliphatic carbocycles. The number of nitrogens with one attached hydrogen (secondary N) is 1. The van der Waals surface area contributed by atoms with E-state index in [1.807, 2.05) is 48.5 Å². The lowest BCUT2D eigenvalue weighted by Crippen LogP contribution is -2.50. The van der Waals surface area contributed by atoms with Gasteiger partial charge in [-0.3, -0.25) is 0 Å². The molecule has 2 aromatic rings. The van der Waals surface area contributed by atoms with E-state index in [4.69, 9.17) is 23.2 Å². The number of rotatable bonds is 2. The van der Waals surface area contributed by atoms with Crippen molar-refractivity contribution in [3.05, 3.63) is 58.6 Å². The number of benzene rings is 2. The van der Waals surface area contributed by atoms with Gasteiger partial charge < -0.3 is 15.1 Å². The summed E-state index contributed by atoms with van der Waals surface area (Å²) in [6.45, 7) is 2.65. The van der Waals surface area contributed by atoms with Gasteiger partial charge in [-0.1, -0.05) is 47.5 Å². The van der Waals surface area contributed by atoms with Gasteiger partial charge in [-0.2, -0.15) is 0 Å². The molecule has 3 rings (SSSR count). The molecule has 1 saturated heterocycles. The molecule has 23 heavy (non-hydrogen) atoms. The fraction of sp³-hybridized carbons (Fsp3) is 0.235. The first-order valence-corrected chi connectivity index (χ1v) is 8.20. The molecular weight excluding hydrogens is 333 g/mol. The molecule has 2 aromatic carbocycles. The second-order valence-electron chi connectivity index (χ2n) is 5.34. The Morgan fingerprint density at radius 2 is 1.48 bits per heavy atom. The molecule has 0 unspecified atom stereocenters. The lowest BCUT2D eigenvalue weighted by Gasteiger charge is -2.36. The predicted octanol–water partition coefficient (Wildman–Crippen LogP) is 4.35. The van der Waals surface area contributed by atoms with Crippen LogP contribution in [-0.2, 0) is 0 Å². The third-order valence-corrected chi connectivity index (χ3v) is 4.46. The number of anilines is 2. The van der Waals surface area contributed by atoms with E-state index in [0.717, 1.165) is 11.4 Å². The molecule has 1 fully saturated rings. The molecular formula is C17H17Cl2N3O. The van der Waals surface area contributed by atoms with Gasteiger partial charge >= 0.3 is 6.03 Å². The van der Waals surface area contributed by atoms with Crippen LogP contribution in [0.25, 0.3) is 0 Å². The molecule has 120 valence electrons. The Hall–Kier alpha value is -1.91. The zero-order valence-corrected chi connectivity index (χ0v) is 14.0. The summed E-state index contributed by atoms with van der Waals surface area (Å²) in [4.78, 5) is 16.2. The SMILES string of the molecule is O=C(Nc1ccccc1)N1CCN(c2c(Cl)cccc2Cl)CC1. The highest BCUT2D eigenvalue weighted by atomic mass is 35.5. The van der Waals surface area contributed by atoms with Crippen LogP contribution in [-0.4, -0.2) is 37.1 Å². The molecule has 0 aromatic heterocycles. The number of hydrogen-bond acceptors (Lipinski definition) is 2. The highest BCUT2D eigenvalue weighted by Gasteiger charge is 2.23. The van der Waals surface area contributed by atoms with Crippen molar-refractivity contribution in [2.45, 2.75) is 0 Å². The summed E-state index contributed by atoms with van der Waals surface area (Å²) in [6.07, 6.45) is 0. The van der Waals surface area contributed by atoms with Crippen molar-refractivity contribution in [1.82, 2.24) is 4.90 Å². The minimum absolute atomic E-state index is 0.0823. The van der Waals surface area contributed by atoms with Crippen LogP contribution in [0.2, 0.25) is 10.0 Å². The fourth-order valence-electron chi connectivity index (χ4n) is 2.65. The van der Waals surface area contributed by atoms with Crippen molar-refractivity contribution in [3.8, 4) is 0 Å². The Kier molecular flexibility index (Phi) is 4.94. The third kappa shape index (κ3) is 3.71. The molecule has 1 N–H and O–H groups in total. The van der Waals surface area contributed by atoms with Crippen LogP contribution in [0.3, 0.4) is 0 Å². The number of amides is 2. The van der Waals surface area contributed by atoms with Crippen molar-refractivity contribution in [1.29, 1.82) is 0 Å². The van der Waals surface area contributed by atoms with E-state index in [-0.39, 0.29) is 6.03 Å². The van der Waals surface area contributed by atoms with Crippen molar-refractivity contribution < 1.29 is 4.79 Å². The largest absolute Gasteiger partial charge is 0.366 e. The molecule has 2 amide bonds. The van der Waals surface area contributed by atoms with Gasteiger partial charge in [0.1, 0.15) is 0 Å². The molecule has 0 radical (unpaired) electrons. The molecule has 0 saturated carbocycles. The maximum atomic E-state index is 12.3. The monoisotopic (exact) mass is 349 g/mol. The van der Waals surface area contributed by atoms with Gasteiger partial charge in [0, 0.05) is 31.9 Å². The molecule has 0 spiro atoms. The van der Waals surface area contributed by atoms with Crippen LogP contribution < -0.4 is 10.2 Å². The van der Waals surface area contributed by atoms with Gasteiger partial charge in [-0.15, -0.1) is 0 Å². The number of para-hydroxylation sites is 2. The molecule has 1 heterocycles. The van der Waals surface area contributed by atoms with Gasteiger partial charge in [0.25, 0.3) is 0 Å². The van der Waals surface area contributed by atoms with Gasteiger partial charge in [0.15, 0.2) is 0 Å². The molecule has 1 aliphatic rings. The van der Waals surface area contributed by atoms with E-state index in [2.05, 4.69) is 10.2 Å². The first kappa shape index (κ1) is 16.0. The number of nitrogens with zero attached hydrogens (tertiary/aromatic N) is 2. The van der Waals surface area contributed by atoms with Crippen LogP contribution in [0.4, 0.5) is 16.2 Å². The zero-order valence-electron chi connectivity index (χ0n) is 12.5. The highest BCUT2D eigenvalue weighted by molar-refractivity contribution is 6.39. The van der Waals surface area contributed by atoms with E-state index in [1.54, 1.807) is 4.90 Å². The molecule has 0 atom stereocenters. The minimum Gasteiger partial charge on any atom is -0.366 e. The summed E-state index contributed by atoms with van der Waals surface area (Å²) >= 11 is 12.5. The van der Waals surface area contributed by atoms with Crippen LogP contribution in [0.15, 0.2) is 48.5 Å². The van der Waals surface area contributed by atoms with Crippen molar-refractivity contribution >= 4 is 40.6 Å². The maximum absolute atomic E-state index is 12.3. The zero-order chi connectivity index (χ0) is 16.2. The summed E-state index contributed by atoms with van der Waals surface area (Å²) in [6, 6.07) is 14.9. The molecule has 1 aliphatic heterocycles. The van der Waals surface area contributed by atoms with Crippen molar-refractivity contribution in [2.24, 2.45) is 0 Å². The average Bonchev–Trinajstić information content (AvgIpc) is 2.56. The van der Waals surface area contributed by atoms with Gasteiger partial charge in [0.05, 0.1) is 15.7 Å². The number of hydrogen-bond donors (Lipinski definition) is 1. The smallest absolute Gasteiger partial charge is 0.321 e. The summed E-state index contributed by atoms with van der Waals surface area (Å²) in [7, 11) is 0. The lowest BCUT2D eigenvalue weighted by atomic mass is 10.2. The second-order valence-corrected chi connectivity index (χ2v) is 6.15. The normalized spacial score (nSPS) is 14.7. The highest BCUT2D eigenvalue weighted by Crippen LogP contribution is 2.34. The second kappa shape index (κ2) is 7.11. The van der Waals surface area contributed by atoms with E-state index < -0.39 is 0 Å². The summed E-state index contributed by atoms with van der Waals surface area (Å²) in [5.74, 6) is 0. The summed E-state index contributed by atoms with van der Waals surface area (Å²) < 4.78 is 0. The summed E-state index contributed by atoms with van der Waals surface area (Å²) in [5, 5.41) is 4.18. The topological polar surface area (TPSA) is 35.6 Å². The number of urea groups is 1. The number of carbonyl (C=O) groups is 1. The Morgan fingerprint density at radius 1 is 0.870 bits per heavy atom. The van der Waals surface area contributed by atoms with Crippen LogP contribution in [0.1, 0.15) is 0 Å². The number of halogens is 2. The van der Waals surface area contributed by atoms with Gasteiger partial charge in [0.2, 0.25) is 0 Å². The van der Waals surface area contributed by atoms with Crippen LogP contribution in [0.5, 0.6) is 0 Å². The minimum atomic E-state index is -0.0823. The number of carbonyl (C=O) groups excluding carboxylic acids is 1. The van der Waals surface area contributed by atoms with Crippen LogP contribution >= 0.6 is 23.2 Å².